The molecule has 25 heavy (non-hydrogen) atoms. The maximum absolute atomic E-state index is 11.8. The quantitative estimate of drug-likeness (QED) is 0.496. The number of nitrogens with zero attached hydrogens (tertiary/aromatic N) is 2. The van der Waals surface area contributed by atoms with Crippen LogP contribution in [0, 0.1) is 30.9 Å². The number of amides is 1. The van der Waals surface area contributed by atoms with E-state index in [1.165, 1.54) is 18.3 Å². The Bertz CT molecular complexity index is 808. The molecular formula is C18H19N3O4. The first kappa shape index (κ1) is 18.1. The summed E-state index contributed by atoms with van der Waals surface area (Å²) in [4.78, 5) is 22.0. The van der Waals surface area contributed by atoms with Crippen molar-refractivity contribution in [3.63, 3.8) is 0 Å². The number of carbonyl (C=O) groups excluding carboxylic acids is 1. The highest BCUT2D eigenvalue weighted by atomic mass is 16.6. The second-order valence-corrected chi connectivity index (χ2v) is 5.66. The van der Waals surface area contributed by atoms with Crippen molar-refractivity contribution >= 4 is 17.8 Å². The highest BCUT2D eigenvalue weighted by Gasteiger charge is 2.08. The fourth-order valence-corrected chi connectivity index (χ4v) is 2.46. The molecule has 1 amide bonds. The number of carbonyl (C=O) groups is 1. The minimum atomic E-state index is -0.490. The Kier molecular flexibility index (Phi) is 5.84. The maximum atomic E-state index is 11.8. The summed E-state index contributed by atoms with van der Waals surface area (Å²) < 4.78 is 5.56. The van der Waals surface area contributed by atoms with E-state index in [1.807, 2.05) is 32.9 Å². The monoisotopic (exact) mass is 341 g/mol. The standard InChI is InChI=1S/C18H19N3O4/c1-12-7-13(2)18(14(3)8-12)25-11-17(22)20-19-10-15-5-4-6-16(9-15)21(23)24/h4-10H,11H2,1-3H3,(H,20,22)/b19-10+. The lowest BCUT2D eigenvalue weighted by atomic mass is 10.1. The number of nitro benzene ring substituents is 1. The smallest absolute Gasteiger partial charge is 0.277 e. The maximum Gasteiger partial charge on any atom is 0.277 e. The zero-order chi connectivity index (χ0) is 18.4. The van der Waals surface area contributed by atoms with Gasteiger partial charge in [0.2, 0.25) is 0 Å². The molecule has 2 aromatic rings. The van der Waals surface area contributed by atoms with E-state index in [1.54, 1.807) is 12.1 Å². The molecule has 0 saturated carbocycles. The number of hydrogen-bond donors (Lipinski definition) is 1. The lowest BCUT2D eigenvalue weighted by Crippen LogP contribution is -2.25. The molecule has 7 nitrogen and oxygen atoms in total. The summed E-state index contributed by atoms with van der Waals surface area (Å²) in [6.07, 6.45) is 1.34. The predicted molar refractivity (Wildman–Crippen MR) is 95.0 cm³/mol. The highest BCUT2D eigenvalue weighted by molar-refractivity contribution is 5.83. The second kappa shape index (κ2) is 8.05. The summed E-state index contributed by atoms with van der Waals surface area (Å²) in [5, 5.41) is 14.5. The minimum absolute atomic E-state index is 0.0380. The second-order valence-electron chi connectivity index (χ2n) is 5.66. The van der Waals surface area contributed by atoms with Gasteiger partial charge in [0, 0.05) is 17.7 Å². The Morgan fingerprint density at radius 3 is 2.56 bits per heavy atom. The Morgan fingerprint density at radius 1 is 1.24 bits per heavy atom. The van der Waals surface area contributed by atoms with Crippen LogP contribution < -0.4 is 10.2 Å². The molecule has 7 heteroatoms. The number of benzene rings is 2. The van der Waals surface area contributed by atoms with Crippen LogP contribution in [-0.4, -0.2) is 23.7 Å². The van der Waals surface area contributed by atoms with Gasteiger partial charge < -0.3 is 4.74 Å². The van der Waals surface area contributed by atoms with Crippen LogP contribution in [0.1, 0.15) is 22.3 Å². The molecule has 1 N–H and O–H groups in total. The molecule has 0 aliphatic rings. The number of nitrogens with one attached hydrogen (secondary N) is 1. The van der Waals surface area contributed by atoms with E-state index in [0.717, 1.165) is 16.7 Å². The topological polar surface area (TPSA) is 93.8 Å². The van der Waals surface area contributed by atoms with Crippen LogP contribution in [-0.2, 0) is 4.79 Å². The predicted octanol–water partition coefficient (Wildman–Crippen LogP) is 3.05. The molecular weight excluding hydrogens is 322 g/mol. The summed E-state index contributed by atoms with van der Waals surface area (Å²) >= 11 is 0. The third kappa shape index (κ3) is 5.13. The van der Waals surface area contributed by atoms with Crippen molar-refractivity contribution in [1.29, 1.82) is 0 Å². The van der Waals surface area contributed by atoms with E-state index in [2.05, 4.69) is 10.5 Å². The van der Waals surface area contributed by atoms with Gasteiger partial charge in [0.15, 0.2) is 6.61 Å². The van der Waals surface area contributed by atoms with Gasteiger partial charge in [-0.15, -0.1) is 0 Å². The molecule has 0 unspecified atom stereocenters. The molecule has 0 aliphatic heterocycles. The van der Waals surface area contributed by atoms with Crippen molar-refractivity contribution in [2.24, 2.45) is 5.10 Å². The first-order chi connectivity index (χ1) is 11.9. The lowest BCUT2D eigenvalue weighted by molar-refractivity contribution is -0.384. The zero-order valence-corrected chi connectivity index (χ0v) is 14.3. The fourth-order valence-electron chi connectivity index (χ4n) is 2.46. The fraction of sp³-hybridized carbons (Fsp3) is 0.222. The van der Waals surface area contributed by atoms with Crippen molar-refractivity contribution in [1.82, 2.24) is 5.43 Å². The first-order valence-electron chi connectivity index (χ1n) is 7.64. The van der Waals surface area contributed by atoms with Crippen LogP contribution in [0.25, 0.3) is 0 Å². The molecule has 0 atom stereocenters. The van der Waals surface area contributed by atoms with Gasteiger partial charge in [-0.3, -0.25) is 14.9 Å². The molecule has 0 heterocycles. The van der Waals surface area contributed by atoms with Crippen molar-refractivity contribution in [3.05, 3.63) is 68.8 Å². The van der Waals surface area contributed by atoms with Crippen LogP contribution in [0.4, 0.5) is 5.69 Å². The van der Waals surface area contributed by atoms with Gasteiger partial charge in [-0.2, -0.15) is 5.10 Å². The highest BCUT2D eigenvalue weighted by Crippen LogP contribution is 2.24. The van der Waals surface area contributed by atoms with E-state index < -0.39 is 10.8 Å². The van der Waals surface area contributed by atoms with Gasteiger partial charge in [-0.1, -0.05) is 29.8 Å². The van der Waals surface area contributed by atoms with Crippen LogP contribution in [0.5, 0.6) is 5.75 Å². The van der Waals surface area contributed by atoms with Crippen LogP contribution in [0.15, 0.2) is 41.5 Å². The summed E-state index contributed by atoms with van der Waals surface area (Å²) in [5.41, 5.74) is 5.87. The molecule has 0 radical (unpaired) electrons. The number of hydrazone groups is 1. The van der Waals surface area contributed by atoms with Gasteiger partial charge in [0.05, 0.1) is 11.1 Å². The molecule has 0 aliphatic carbocycles. The molecule has 0 aromatic heterocycles. The summed E-state index contributed by atoms with van der Waals surface area (Å²) in [6, 6.07) is 9.92. The van der Waals surface area contributed by atoms with Crippen LogP contribution in [0.3, 0.4) is 0 Å². The van der Waals surface area contributed by atoms with Gasteiger partial charge in [-0.25, -0.2) is 5.43 Å². The normalized spacial score (nSPS) is 10.7. The SMILES string of the molecule is Cc1cc(C)c(OCC(=O)N/N=C/c2cccc([N+](=O)[O-])c2)c(C)c1. The van der Waals surface area contributed by atoms with Crippen molar-refractivity contribution in [3.8, 4) is 5.75 Å². The number of non-ortho nitro benzene ring substituents is 1. The number of hydrogen-bond acceptors (Lipinski definition) is 5. The summed E-state index contributed by atoms with van der Waals surface area (Å²) in [6.45, 7) is 5.68. The number of rotatable bonds is 6. The number of ether oxygens (including phenoxy) is 1. The largest absolute Gasteiger partial charge is 0.483 e. The Labute approximate surface area is 145 Å². The Balaban J connectivity index is 1.91. The Hall–Kier alpha value is -3.22. The average molecular weight is 341 g/mol. The molecule has 2 aromatic carbocycles. The third-order valence-electron chi connectivity index (χ3n) is 3.44. The van der Waals surface area contributed by atoms with Crippen molar-refractivity contribution in [2.45, 2.75) is 20.8 Å². The van der Waals surface area contributed by atoms with Gasteiger partial charge in [0.25, 0.3) is 11.6 Å². The molecule has 0 fully saturated rings. The van der Waals surface area contributed by atoms with Gasteiger partial charge >= 0.3 is 0 Å². The van der Waals surface area contributed by atoms with Crippen molar-refractivity contribution < 1.29 is 14.5 Å². The van der Waals surface area contributed by atoms with E-state index in [0.29, 0.717) is 11.3 Å². The van der Waals surface area contributed by atoms with E-state index in [9.17, 15) is 14.9 Å². The average Bonchev–Trinajstić information content (AvgIpc) is 2.54. The van der Waals surface area contributed by atoms with Crippen LogP contribution in [0.2, 0.25) is 0 Å². The van der Waals surface area contributed by atoms with Gasteiger partial charge in [0.1, 0.15) is 5.75 Å². The summed E-state index contributed by atoms with van der Waals surface area (Å²) in [7, 11) is 0. The number of nitro groups is 1. The van der Waals surface area contributed by atoms with Gasteiger partial charge in [-0.05, 0) is 31.9 Å². The van der Waals surface area contributed by atoms with E-state index >= 15 is 0 Å². The third-order valence-corrected chi connectivity index (χ3v) is 3.44. The molecule has 0 bridgehead atoms. The van der Waals surface area contributed by atoms with E-state index in [4.69, 9.17) is 4.74 Å². The molecule has 130 valence electrons. The molecule has 0 saturated heterocycles. The lowest BCUT2D eigenvalue weighted by Gasteiger charge is -2.12. The van der Waals surface area contributed by atoms with Crippen molar-refractivity contribution in [2.75, 3.05) is 6.61 Å². The Morgan fingerprint density at radius 2 is 1.92 bits per heavy atom. The first-order valence-corrected chi connectivity index (χ1v) is 7.64. The molecule has 0 spiro atoms. The number of aryl methyl sites for hydroxylation is 3. The van der Waals surface area contributed by atoms with Crippen LogP contribution >= 0.6 is 0 Å². The molecule has 2 rings (SSSR count). The minimum Gasteiger partial charge on any atom is -0.483 e. The zero-order valence-electron chi connectivity index (χ0n) is 14.3. The summed E-state index contributed by atoms with van der Waals surface area (Å²) in [5.74, 6) is 0.268. The van der Waals surface area contributed by atoms with E-state index in [-0.39, 0.29) is 12.3 Å².